The number of benzene rings is 2. The summed E-state index contributed by atoms with van der Waals surface area (Å²) in [7, 11) is 0. The van der Waals surface area contributed by atoms with E-state index in [4.69, 9.17) is 10.5 Å². The molecule has 0 spiro atoms. The van der Waals surface area contributed by atoms with Crippen LogP contribution in [0.15, 0.2) is 72.8 Å². The Kier molecular flexibility index (Phi) is 5.89. The van der Waals surface area contributed by atoms with Crippen molar-refractivity contribution in [2.24, 2.45) is 0 Å². The summed E-state index contributed by atoms with van der Waals surface area (Å²) in [5.74, 6) is 0.877. The largest absolute Gasteiger partial charge is 0.449 e. The highest BCUT2D eigenvalue weighted by atomic mass is 16.6. The van der Waals surface area contributed by atoms with E-state index in [1.165, 1.54) is 4.90 Å². The molecule has 1 amide bonds. The highest BCUT2D eigenvalue weighted by molar-refractivity contribution is 5.98. The number of nitrogens with one attached hydrogen (secondary N) is 1. The minimum absolute atomic E-state index is 0.241. The van der Waals surface area contributed by atoms with Crippen LogP contribution in [-0.4, -0.2) is 17.7 Å². The van der Waals surface area contributed by atoms with E-state index in [1.807, 2.05) is 60.7 Å². The predicted molar refractivity (Wildman–Crippen MR) is 108 cm³/mol. The zero-order valence-corrected chi connectivity index (χ0v) is 15.1. The molecule has 6 nitrogen and oxygen atoms in total. The van der Waals surface area contributed by atoms with Gasteiger partial charge in [0.1, 0.15) is 11.6 Å². The van der Waals surface area contributed by atoms with E-state index in [0.717, 1.165) is 5.56 Å². The van der Waals surface area contributed by atoms with Gasteiger partial charge in [-0.25, -0.2) is 14.7 Å². The fourth-order valence-corrected chi connectivity index (χ4v) is 2.65. The number of carbonyl (C=O) groups is 1. The summed E-state index contributed by atoms with van der Waals surface area (Å²) in [6.45, 7) is 2.67. The quantitative estimate of drug-likeness (QED) is 0.671. The number of nitrogens with two attached hydrogens (primary N) is 1. The fourth-order valence-electron chi connectivity index (χ4n) is 2.65. The average molecular weight is 362 g/mol. The van der Waals surface area contributed by atoms with Crippen molar-refractivity contribution in [3.63, 3.8) is 0 Å². The number of hydrogen-bond donors (Lipinski definition) is 2. The summed E-state index contributed by atoms with van der Waals surface area (Å²) in [4.78, 5) is 18.3. The van der Waals surface area contributed by atoms with Crippen LogP contribution in [0, 0.1) is 0 Å². The summed E-state index contributed by atoms with van der Waals surface area (Å²) in [6, 6.07) is 22.8. The third-order valence-corrected chi connectivity index (χ3v) is 3.92. The highest BCUT2D eigenvalue weighted by Crippen LogP contribution is 2.31. The van der Waals surface area contributed by atoms with Gasteiger partial charge in [-0.15, -0.1) is 0 Å². The highest BCUT2D eigenvalue weighted by Gasteiger charge is 2.22. The van der Waals surface area contributed by atoms with Gasteiger partial charge in [0, 0.05) is 6.54 Å². The van der Waals surface area contributed by atoms with Crippen LogP contribution >= 0.6 is 0 Å². The molecule has 0 saturated carbocycles. The molecule has 0 fully saturated rings. The number of aromatic nitrogens is 1. The van der Waals surface area contributed by atoms with E-state index in [-0.39, 0.29) is 12.4 Å². The first-order chi connectivity index (χ1) is 13.2. The summed E-state index contributed by atoms with van der Waals surface area (Å²) in [5.41, 5.74) is 8.44. The van der Waals surface area contributed by atoms with Gasteiger partial charge in [-0.2, -0.15) is 0 Å². The van der Waals surface area contributed by atoms with Crippen molar-refractivity contribution in [2.75, 3.05) is 22.6 Å². The normalized spacial score (nSPS) is 10.3. The number of nitrogen functional groups attached to an aromatic ring is 1. The number of para-hydroxylation sites is 1. The molecule has 3 N–H and O–H groups in total. The van der Waals surface area contributed by atoms with Crippen LogP contribution in [0.4, 0.5) is 27.8 Å². The number of anilines is 4. The second kappa shape index (κ2) is 8.71. The lowest BCUT2D eigenvalue weighted by Gasteiger charge is -2.23. The van der Waals surface area contributed by atoms with E-state index in [1.54, 1.807) is 19.1 Å². The topological polar surface area (TPSA) is 80.5 Å². The minimum Gasteiger partial charge on any atom is -0.449 e. The first kappa shape index (κ1) is 18.3. The van der Waals surface area contributed by atoms with Gasteiger partial charge < -0.3 is 15.8 Å². The molecule has 0 radical (unpaired) electrons. The van der Waals surface area contributed by atoms with Gasteiger partial charge in [-0.05, 0) is 36.8 Å². The number of carbonyl (C=O) groups excluding carboxylic acids is 1. The third-order valence-electron chi connectivity index (χ3n) is 3.92. The summed E-state index contributed by atoms with van der Waals surface area (Å²) in [5, 5.41) is 3.24. The lowest BCUT2D eigenvalue weighted by molar-refractivity contribution is 0.162. The van der Waals surface area contributed by atoms with E-state index < -0.39 is 6.09 Å². The maximum absolute atomic E-state index is 12.5. The van der Waals surface area contributed by atoms with E-state index in [9.17, 15) is 4.79 Å². The van der Waals surface area contributed by atoms with Crippen molar-refractivity contribution in [3.8, 4) is 0 Å². The zero-order chi connectivity index (χ0) is 19.1. The molecule has 0 aliphatic carbocycles. The van der Waals surface area contributed by atoms with Crippen molar-refractivity contribution in [1.82, 2.24) is 4.98 Å². The van der Waals surface area contributed by atoms with Crippen LogP contribution in [0.3, 0.4) is 0 Å². The molecule has 0 saturated heterocycles. The first-order valence-electron chi connectivity index (χ1n) is 8.75. The molecule has 1 heterocycles. The molecule has 1 aromatic heterocycles. The minimum atomic E-state index is -0.498. The number of nitrogens with zero attached hydrogens (tertiary/aromatic N) is 2. The smallest absolute Gasteiger partial charge is 0.419 e. The molecular formula is C21H22N4O2. The molecule has 0 aliphatic rings. The summed E-state index contributed by atoms with van der Waals surface area (Å²) in [6.07, 6.45) is -0.498. The lowest BCUT2D eigenvalue weighted by atomic mass is 10.2. The monoisotopic (exact) mass is 362 g/mol. The van der Waals surface area contributed by atoms with E-state index in [2.05, 4.69) is 10.3 Å². The van der Waals surface area contributed by atoms with Gasteiger partial charge in [0.15, 0.2) is 0 Å². The maximum atomic E-state index is 12.5. The molecular weight excluding hydrogens is 340 g/mol. The van der Waals surface area contributed by atoms with Gasteiger partial charge in [-0.3, -0.25) is 0 Å². The average Bonchev–Trinajstić information content (AvgIpc) is 2.70. The Morgan fingerprint density at radius 1 is 1.04 bits per heavy atom. The summed E-state index contributed by atoms with van der Waals surface area (Å²) >= 11 is 0. The van der Waals surface area contributed by atoms with Crippen molar-refractivity contribution in [1.29, 1.82) is 0 Å². The second-order valence-electron chi connectivity index (χ2n) is 5.81. The van der Waals surface area contributed by atoms with Gasteiger partial charge in [0.25, 0.3) is 0 Å². The van der Waals surface area contributed by atoms with Crippen LogP contribution in [-0.2, 0) is 11.3 Å². The Balaban J connectivity index is 1.84. The van der Waals surface area contributed by atoms with Crippen LogP contribution < -0.4 is 16.0 Å². The Hall–Kier alpha value is -3.54. The van der Waals surface area contributed by atoms with Crippen molar-refractivity contribution in [2.45, 2.75) is 13.5 Å². The van der Waals surface area contributed by atoms with E-state index >= 15 is 0 Å². The van der Waals surface area contributed by atoms with E-state index in [0.29, 0.717) is 23.7 Å². The SMILES string of the molecule is CCOC(=O)N(c1ccccc1)c1ccc(NCc2ccccc2)nc1N. The molecule has 27 heavy (non-hydrogen) atoms. The Morgan fingerprint density at radius 2 is 1.70 bits per heavy atom. The Labute approximate surface area is 158 Å². The maximum Gasteiger partial charge on any atom is 0.419 e. The number of rotatable bonds is 6. The number of ether oxygens (including phenoxy) is 1. The molecule has 138 valence electrons. The Morgan fingerprint density at radius 3 is 2.33 bits per heavy atom. The lowest BCUT2D eigenvalue weighted by Crippen LogP contribution is -2.27. The van der Waals surface area contributed by atoms with Gasteiger partial charge in [0.2, 0.25) is 0 Å². The fraction of sp³-hybridized carbons (Fsp3) is 0.143. The molecule has 0 atom stereocenters. The van der Waals surface area contributed by atoms with Gasteiger partial charge in [0.05, 0.1) is 18.0 Å². The van der Waals surface area contributed by atoms with Gasteiger partial charge >= 0.3 is 6.09 Å². The zero-order valence-electron chi connectivity index (χ0n) is 15.1. The van der Waals surface area contributed by atoms with Crippen LogP contribution in [0.5, 0.6) is 0 Å². The number of amides is 1. The number of hydrogen-bond acceptors (Lipinski definition) is 5. The molecule has 3 rings (SSSR count). The standard InChI is InChI=1S/C21H22N4O2/c1-2-27-21(26)25(17-11-7-4-8-12-17)18-13-14-19(24-20(18)22)23-15-16-9-5-3-6-10-16/h3-14H,2,15H2,1H3,(H3,22,23,24). The predicted octanol–water partition coefficient (Wildman–Crippen LogP) is 4.57. The molecule has 6 heteroatoms. The van der Waals surface area contributed by atoms with Crippen LogP contribution in [0.25, 0.3) is 0 Å². The molecule has 3 aromatic rings. The van der Waals surface area contributed by atoms with Gasteiger partial charge in [-0.1, -0.05) is 48.5 Å². The molecule has 2 aromatic carbocycles. The molecule has 0 aliphatic heterocycles. The molecule has 0 unspecified atom stereocenters. The van der Waals surface area contributed by atoms with Crippen LogP contribution in [0.2, 0.25) is 0 Å². The first-order valence-corrected chi connectivity index (χ1v) is 8.75. The molecule has 0 bridgehead atoms. The Bertz CT molecular complexity index is 885. The number of pyridine rings is 1. The third kappa shape index (κ3) is 4.55. The van der Waals surface area contributed by atoms with Crippen LogP contribution in [0.1, 0.15) is 12.5 Å². The van der Waals surface area contributed by atoms with Crippen molar-refractivity contribution in [3.05, 3.63) is 78.4 Å². The summed E-state index contributed by atoms with van der Waals surface area (Å²) < 4.78 is 5.19. The second-order valence-corrected chi connectivity index (χ2v) is 5.81. The van der Waals surface area contributed by atoms with Crippen molar-refractivity contribution >= 4 is 29.1 Å². The van der Waals surface area contributed by atoms with Crippen molar-refractivity contribution < 1.29 is 9.53 Å².